The van der Waals surface area contributed by atoms with Gasteiger partial charge in [-0.05, 0) is 81.1 Å². The molecule has 0 bridgehead atoms. The van der Waals surface area contributed by atoms with Crippen molar-refractivity contribution in [3.05, 3.63) is 11.6 Å². The summed E-state index contributed by atoms with van der Waals surface area (Å²) in [5, 5.41) is 11.1. The first-order valence-electron chi connectivity index (χ1n) is 9.48. The molecular formula is C21H28O2. The number of aliphatic hydroxyl groups is 1. The maximum absolute atomic E-state index is 11.8. The fourth-order valence-corrected chi connectivity index (χ4v) is 6.96. The lowest BCUT2D eigenvalue weighted by Crippen LogP contribution is -2.53. The van der Waals surface area contributed by atoms with Crippen molar-refractivity contribution in [1.82, 2.24) is 0 Å². The lowest BCUT2D eigenvalue weighted by Gasteiger charge is -2.55. The molecule has 0 aromatic heterocycles. The Balaban J connectivity index is 1.67. The average Bonchev–Trinajstić information content (AvgIpc) is 2.88. The summed E-state index contributed by atoms with van der Waals surface area (Å²) in [4.78, 5) is 11.8. The highest BCUT2D eigenvalue weighted by Crippen LogP contribution is 2.66. The second-order valence-electron chi connectivity index (χ2n) is 8.40. The standard InChI is InChI=1S/C21H28O2/c1-3-20-11-9-17-16-8-6-15(22)13-14(16)5-7-18(17)19(20)10-12-21(20,23)4-2/h2,13,16-19,23H,3,5-12H2,1H3/t16-,17+,18+,19-,20?,21-/m0/s1. The molecule has 23 heavy (non-hydrogen) atoms. The van der Waals surface area contributed by atoms with E-state index < -0.39 is 5.60 Å². The smallest absolute Gasteiger partial charge is 0.155 e. The monoisotopic (exact) mass is 312 g/mol. The van der Waals surface area contributed by atoms with E-state index in [-0.39, 0.29) is 5.41 Å². The van der Waals surface area contributed by atoms with Crippen LogP contribution in [0.5, 0.6) is 0 Å². The Hall–Kier alpha value is -1.07. The molecule has 1 unspecified atom stereocenters. The lowest BCUT2D eigenvalue weighted by atomic mass is 9.49. The summed E-state index contributed by atoms with van der Waals surface area (Å²) in [5.74, 6) is 5.73. The number of rotatable bonds is 1. The molecule has 0 aromatic rings. The Bertz CT molecular complexity index is 597. The Kier molecular flexibility index (Phi) is 3.50. The SMILES string of the molecule is C#C[C@]1(O)CC[C@H]2[C@@H]3CCC4=CC(=O)CC[C@@H]4[C@H]3CCC21CC. The van der Waals surface area contributed by atoms with Crippen LogP contribution in [0, 0.1) is 41.4 Å². The number of hydrogen-bond acceptors (Lipinski definition) is 2. The van der Waals surface area contributed by atoms with E-state index in [0.717, 1.165) is 44.9 Å². The van der Waals surface area contributed by atoms with Crippen LogP contribution in [0.25, 0.3) is 0 Å². The van der Waals surface area contributed by atoms with Crippen LogP contribution >= 0.6 is 0 Å². The maximum atomic E-state index is 11.8. The van der Waals surface area contributed by atoms with E-state index in [1.807, 2.05) is 6.08 Å². The molecule has 4 rings (SSSR count). The van der Waals surface area contributed by atoms with Crippen molar-refractivity contribution in [1.29, 1.82) is 0 Å². The molecule has 6 atom stereocenters. The van der Waals surface area contributed by atoms with Crippen LogP contribution in [0.4, 0.5) is 0 Å². The predicted molar refractivity (Wildman–Crippen MR) is 90.5 cm³/mol. The van der Waals surface area contributed by atoms with Gasteiger partial charge >= 0.3 is 0 Å². The minimum Gasteiger partial charge on any atom is -0.377 e. The highest BCUT2D eigenvalue weighted by molar-refractivity contribution is 5.91. The van der Waals surface area contributed by atoms with Gasteiger partial charge in [-0.2, -0.15) is 0 Å². The summed E-state index contributed by atoms with van der Waals surface area (Å²) in [5.41, 5.74) is 0.474. The van der Waals surface area contributed by atoms with Crippen molar-refractivity contribution < 1.29 is 9.90 Å². The molecule has 2 heteroatoms. The van der Waals surface area contributed by atoms with Crippen molar-refractivity contribution in [2.45, 2.75) is 70.3 Å². The first-order valence-corrected chi connectivity index (χ1v) is 9.48. The normalized spacial score (nSPS) is 48.7. The molecule has 3 fully saturated rings. The van der Waals surface area contributed by atoms with E-state index in [2.05, 4.69) is 12.8 Å². The van der Waals surface area contributed by atoms with Gasteiger partial charge in [0.2, 0.25) is 0 Å². The van der Waals surface area contributed by atoms with E-state index in [1.54, 1.807) is 0 Å². The van der Waals surface area contributed by atoms with Gasteiger partial charge in [0, 0.05) is 11.8 Å². The van der Waals surface area contributed by atoms with Gasteiger partial charge < -0.3 is 5.11 Å². The van der Waals surface area contributed by atoms with Gasteiger partial charge in [0.1, 0.15) is 5.60 Å². The average molecular weight is 312 g/mol. The molecule has 4 aliphatic carbocycles. The topological polar surface area (TPSA) is 37.3 Å². The van der Waals surface area contributed by atoms with Crippen LogP contribution in [0.15, 0.2) is 11.6 Å². The second kappa shape index (κ2) is 5.21. The zero-order valence-electron chi connectivity index (χ0n) is 14.2. The number of allylic oxidation sites excluding steroid dienone is 1. The Morgan fingerprint density at radius 1 is 1.22 bits per heavy atom. The van der Waals surface area contributed by atoms with Crippen molar-refractivity contribution in [3.63, 3.8) is 0 Å². The highest BCUT2D eigenvalue weighted by Gasteiger charge is 2.63. The quantitative estimate of drug-likeness (QED) is 0.746. The maximum Gasteiger partial charge on any atom is 0.155 e. The van der Waals surface area contributed by atoms with Gasteiger partial charge in [-0.3, -0.25) is 4.79 Å². The zero-order valence-corrected chi connectivity index (χ0v) is 14.2. The van der Waals surface area contributed by atoms with E-state index in [9.17, 15) is 9.90 Å². The van der Waals surface area contributed by atoms with Crippen LogP contribution < -0.4 is 0 Å². The van der Waals surface area contributed by atoms with Gasteiger partial charge in [-0.25, -0.2) is 0 Å². The molecule has 1 N–H and O–H groups in total. The third kappa shape index (κ3) is 1.96. The van der Waals surface area contributed by atoms with Gasteiger partial charge in [-0.1, -0.05) is 18.4 Å². The zero-order chi connectivity index (χ0) is 16.2. The van der Waals surface area contributed by atoms with Crippen LogP contribution in [0.2, 0.25) is 0 Å². The van der Waals surface area contributed by atoms with E-state index >= 15 is 0 Å². The first-order chi connectivity index (χ1) is 11.0. The Morgan fingerprint density at radius 3 is 2.78 bits per heavy atom. The van der Waals surface area contributed by atoms with E-state index in [4.69, 9.17) is 6.42 Å². The van der Waals surface area contributed by atoms with E-state index in [0.29, 0.717) is 29.5 Å². The van der Waals surface area contributed by atoms with Crippen molar-refractivity contribution in [2.75, 3.05) is 0 Å². The summed E-state index contributed by atoms with van der Waals surface area (Å²) in [7, 11) is 0. The van der Waals surface area contributed by atoms with Crippen molar-refractivity contribution in [3.8, 4) is 12.3 Å². The van der Waals surface area contributed by atoms with Crippen LogP contribution in [-0.4, -0.2) is 16.5 Å². The van der Waals surface area contributed by atoms with Crippen LogP contribution in [0.1, 0.15) is 64.7 Å². The van der Waals surface area contributed by atoms with Gasteiger partial charge in [0.15, 0.2) is 5.78 Å². The summed E-state index contributed by atoms with van der Waals surface area (Å²) < 4.78 is 0. The molecule has 0 radical (unpaired) electrons. The third-order valence-corrected chi connectivity index (χ3v) is 8.02. The molecule has 0 saturated heterocycles. The van der Waals surface area contributed by atoms with Gasteiger partial charge in [0.25, 0.3) is 0 Å². The summed E-state index contributed by atoms with van der Waals surface area (Å²) in [6.45, 7) is 2.22. The van der Waals surface area contributed by atoms with Crippen LogP contribution in [0.3, 0.4) is 0 Å². The summed E-state index contributed by atoms with van der Waals surface area (Å²) >= 11 is 0. The molecule has 0 aromatic carbocycles. The number of terminal acetylenes is 1. The number of ketones is 1. The van der Waals surface area contributed by atoms with Crippen molar-refractivity contribution in [2.24, 2.45) is 29.1 Å². The molecule has 0 aliphatic heterocycles. The van der Waals surface area contributed by atoms with Crippen molar-refractivity contribution >= 4 is 5.78 Å². The predicted octanol–water partition coefficient (Wildman–Crippen LogP) is 3.88. The highest BCUT2D eigenvalue weighted by atomic mass is 16.3. The molecule has 124 valence electrons. The lowest BCUT2D eigenvalue weighted by molar-refractivity contribution is -0.117. The largest absolute Gasteiger partial charge is 0.377 e. The fraction of sp³-hybridized carbons (Fsp3) is 0.762. The molecule has 0 heterocycles. The molecule has 2 nitrogen and oxygen atoms in total. The minimum absolute atomic E-state index is 0.0609. The molecule has 0 spiro atoms. The minimum atomic E-state index is -0.893. The number of hydrogen-bond donors (Lipinski definition) is 1. The molecular weight excluding hydrogens is 284 g/mol. The van der Waals surface area contributed by atoms with Gasteiger partial charge in [-0.15, -0.1) is 6.42 Å². The number of fused-ring (bicyclic) bond motifs is 5. The Labute approximate surface area is 139 Å². The van der Waals surface area contributed by atoms with Crippen LogP contribution in [-0.2, 0) is 4.79 Å². The molecule has 3 saturated carbocycles. The fourth-order valence-electron chi connectivity index (χ4n) is 6.96. The third-order valence-electron chi connectivity index (χ3n) is 8.02. The summed E-state index contributed by atoms with van der Waals surface area (Å²) in [6, 6.07) is 0. The molecule has 4 aliphatic rings. The number of carbonyl (C=O) groups is 1. The Morgan fingerprint density at radius 2 is 2.04 bits per heavy atom. The van der Waals surface area contributed by atoms with Gasteiger partial charge in [0.05, 0.1) is 0 Å². The van der Waals surface area contributed by atoms with E-state index in [1.165, 1.54) is 18.4 Å². The summed E-state index contributed by atoms with van der Waals surface area (Å²) in [6.07, 6.45) is 16.9. The number of carbonyl (C=O) groups excluding carboxylic acids is 1. The molecule has 0 amide bonds. The second-order valence-corrected chi connectivity index (χ2v) is 8.40. The first kappa shape index (κ1) is 15.5.